The molecule has 0 saturated carbocycles. The Kier molecular flexibility index (Phi) is 7.03. The molecule has 2 aromatic carbocycles. The molecule has 1 aromatic heterocycles. The SMILES string of the molecule is CCC(=O)c1ccc(OCC(=O)N(Cc2cccs2)c2ccc(OC)cc2)cc1. The monoisotopic (exact) mass is 409 g/mol. The number of ketones is 1. The minimum absolute atomic E-state index is 0.0780. The van der Waals surface area contributed by atoms with Crippen molar-refractivity contribution in [2.75, 3.05) is 18.6 Å². The highest BCUT2D eigenvalue weighted by atomic mass is 32.1. The number of nitrogens with zero attached hydrogens (tertiary/aromatic N) is 1. The van der Waals surface area contributed by atoms with Crippen LogP contribution in [0, 0.1) is 0 Å². The van der Waals surface area contributed by atoms with Gasteiger partial charge in [0, 0.05) is 22.5 Å². The quantitative estimate of drug-likeness (QED) is 0.469. The zero-order valence-electron chi connectivity index (χ0n) is 16.5. The predicted molar refractivity (Wildman–Crippen MR) is 115 cm³/mol. The van der Waals surface area contributed by atoms with E-state index >= 15 is 0 Å². The largest absolute Gasteiger partial charge is 0.497 e. The number of methoxy groups -OCH3 is 1. The average molecular weight is 410 g/mol. The van der Waals surface area contributed by atoms with Crippen LogP contribution in [0.5, 0.6) is 11.5 Å². The Bertz CT molecular complexity index is 934. The van der Waals surface area contributed by atoms with Gasteiger partial charge in [-0.25, -0.2) is 0 Å². The number of hydrogen-bond donors (Lipinski definition) is 0. The van der Waals surface area contributed by atoms with Gasteiger partial charge in [0.25, 0.3) is 5.91 Å². The molecule has 6 heteroatoms. The number of benzene rings is 2. The maximum atomic E-state index is 12.9. The molecule has 0 aliphatic rings. The van der Waals surface area contributed by atoms with Crippen molar-refractivity contribution < 1.29 is 19.1 Å². The van der Waals surface area contributed by atoms with Crippen LogP contribution in [0.4, 0.5) is 5.69 Å². The minimum atomic E-state index is -0.155. The van der Waals surface area contributed by atoms with E-state index in [1.807, 2.05) is 48.7 Å². The molecule has 0 radical (unpaired) electrons. The van der Waals surface area contributed by atoms with Crippen LogP contribution in [-0.4, -0.2) is 25.4 Å². The molecule has 0 unspecified atom stereocenters. The fourth-order valence-electron chi connectivity index (χ4n) is 2.81. The molecule has 1 amide bonds. The first-order chi connectivity index (χ1) is 14.1. The first kappa shape index (κ1) is 20.6. The summed E-state index contributed by atoms with van der Waals surface area (Å²) < 4.78 is 10.9. The van der Waals surface area contributed by atoms with E-state index in [4.69, 9.17) is 9.47 Å². The van der Waals surface area contributed by atoms with Crippen molar-refractivity contribution in [1.82, 2.24) is 0 Å². The molecule has 0 fully saturated rings. The number of anilines is 1. The lowest BCUT2D eigenvalue weighted by atomic mass is 10.1. The fraction of sp³-hybridized carbons (Fsp3) is 0.217. The molecule has 0 saturated heterocycles. The van der Waals surface area contributed by atoms with Gasteiger partial charge in [-0.05, 0) is 60.0 Å². The van der Waals surface area contributed by atoms with Gasteiger partial charge in [-0.15, -0.1) is 11.3 Å². The summed E-state index contributed by atoms with van der Waals surface area (Å²) in [6.07, 6.45) is 0.457. The highest BCUT2D eigenvalue weighted by Crippen LogP contribution is 2.23. The number of Topliss-reactive ketones (excluding diaryl/α,β-unsaturated/α-hetero) is 1. The predicted octanol–water partition coefficient (Wildman–Crippen LogP) is 4.96. The van der Waals surface area contributed by atoms with Crippen molar-refractivity contribution in [3.8, 4) is 11.5 Å². The molecule has 0 N–H and O–H groups in total. The Morgan fingerprint density at radius 2 is 1.66 bits per heavy atom. The van der Waals surface area contributed by atoms with Gasteiger partial charge in [0.1, 0.15) is 11.5 Å². The first-order valence-electron chi connectivity index (χ1n) is 9.33. The summed E-state index contributed by atoms with van der Waals surface area (Å²) in [7, 11) is 1.61. The molecule has 0 spiro atoms. The summed E-state index contributed by atoms with van der Waals surface area (Å²) in [4.78, 5) is 27.4. The van der Waals surface area contributed by atoms with Gasteiger partial charge in [0.2, 0.25) is 0 Å². The van der Waals surface area contributed by atoms with Crippen molar-refractivity contribution in [2.45, 2.75) is 19.9 Å². The molecule has 3 aromatic rings. The average Bonchev–Trinajstić information content (AvgIpc) is 3.29. The lowest BCUT2D eigenvalue weighted by molar-refractivity contribution is -0.120. The summed E-state index contributed by atoms with van der Waals surface area (Å²) in [5.74, 6) is 1.21. The number of rotatable bonds is 9. The van der Waals surface area contributed by atoms with Crippen LogP contribution in [0.15, 0.2) is 66.0 Å². The van der Waals surface area contributed by atoms with E-state index in [2.05, 4.69) is 0 Å². The van der Waals surface area contributed by atoms with Crippen LogP contribution in [0.2, 0.25) is 0 Å². The molecular formula is C23H23NO4S. The van der Waals surface area contributed by atoms with E-state index in [1.165, 1.54) is 0 Å². The number of ether oxygens (including phenoxy) is 2. The van der Waals surface area contributed by atoms with Crippen molar-refractivity contribution in [1.29, 1.82) is 0 Å². The van der Waals surface area contributed by atoms with Crippen LogP contribution in [0.25, 0.3) is 0 Å². The van der Waals surface area contributed by atoms with E-state index < -0.39 is 0 Å². The second kappa shape index (κ2) is 9.89. The normalized spacial score (nSPS) is 10.4. The Labute approximate surface area is 174 Å². The molecule has 1 heterocycles. The molecule has 150 valence electrons. The Morgan fingerprint density at radius 1 is 0.966 bits per heavy atom. The van der Waals surface area contributed by atoms with Gasteiger partial charge in [-0.1, -0.05) is 13.0 Å². The van der Waals surface area contributed by atoms with Crippen LogP contribution < -0.4 is 14.4 Å². The molecule has 0 aliphatic carbocycles. The molecule has 0 bridgehead atoms. The zero-order chi connectivity index (χ0) is 20.6. The molecule has 5 nitrogen and oxygen atoms in total. The summed E-state index contributed by atoms with van der Waals surface area (Å²) in [6.45, 7) is 2.20. The third-order valence-electron chi connectivity index (χ3n) is 4.44. The van der Waals surface area contributed by atoms with Gasteiger partial charge >= 0.3 is 0 Å². The number of hydrogen-bond acceptors (Lipinski definition) is 5. The number of amides is 1. The minimum Gasteiger partial charge on any atom is -0.497 e. The van der Waals surface area contributed by atoms with Crippen LogP contribution in [0.1, 0.15) is 28.6 Å². The standard InChI is InChI=1S/C23H23NO4S/c1-3-22(25)17-6-10-20(11-7-17)28-16-23(26)24(15-21-5-4-14-29-21)18-8-12-19(27-2)13-9-18/h4-14H,3,15-16H2,1-2H3. The molecule has 0 atom stereocenters. The van der Waals surface area contributed by atoms with Gasteiger partial charge in [-0.2, -0.15) is 0 Å². The second-order valence-electron chi connectivity index (χ2n) is 6.35. The van der Waals surface area contributed by atoms with E-state index in [0.29, 0.717) is 24.3 Å². The Morgan fingerprint density at radius 3 is 2.24 bits per heavy atom. The van der Waals surface area contributed by atoms with Gasteiger partial charge in [-0.3, -0.25) is 9.59 Å². The molecule has 0 aliphatic heterocycles. The summed E-state index contributed by atoms with van der Waals surface area (Å²) in [5.41, 5.74) is 1.42. The van der Waals surface area contributed by atoms with Gasteiger partial charge in [0.15, 0.2) is 12.4 Å². The van der Waals surface area contributed by atoms with E-state index in [9.17, 15) is 9.59 Å². The maximum absolute atomic E-state index is 12.9. The lowest BCUT2D eigenvalue weighted by Crippen LogP contribution is -2.34. The van der Waals surface area contributed by atoms with Crippen LogP contribution in [-0.2, 0) is 11.3 Å². The Hall–Kier alpha value is -3.12. The van der Waals surface area contributed by atoms with Crippen molar-refractivity contribution in [3.05, 3.63) is 76.5 Å². The van der Waals surface area contributed by atoms with Crippen LogP contribution >= 0.6 is 11.3 Å². The summed E-state index contributed by atoms with van der Waals surface area (Å²) >= 11 is 1.60. The summed E-state index contributed by atoms with van der Waals surface area (Å²) in [5, 5.41) is 1.99. The third-order valence-corrected chi connectivity index (χ3v) is 5.30. The highest BCUT2D eigenvalue weighted by molar-refractivity contribution is 7.09. The van der Waals surface area contributed by atoms with E-state index in [1.54, 1.807) is 47.6 Å². The van der Waals surface area contributed by atoms with E-state index in [0.717, 1.165) is 16.3 Å². The number of thiophene rings is 1. The van der Waals surface area contributed by atoms with Crippen molar-refractivity contribution in [2.24, 2.45) is 0 Å². The number of carbonyl (C=O) groups is 2. The lowest BCUT2D eigenvalue weighted by Gasteiger charge is -2.22. The fourth-order valence-corrected chi connectivity index (χ4v) is 3.50. The molecule has 3 rings (SSSR count). The molecular weight excluding hydrogens is 386 g/mol. The number of carbonyl (C=O) groups excluding carboxylic acids is 2. The smallest absolute Gasteiger partial charge is 0.265 e. The zero-order valence-corrected chi connectivity index (χ0v) is 17.3. The van der Waals surface area contributed by atoms with Crippen molar-refractivity contribution >= 4 is 28.7 Å². The summed E-state index contributed by atoms with van der Waals surface area (Å²) in [6, 6.07) is 18.2. The topological polar surface area (TPSA) is 55.8 Å². The van der Waals surface area contributed by atoms with Gasteiger partial charge in [0.05, 0.1) is 13.7 Å². The van der Waals surface area contributed by atoms with Crippen LogP contribution in [0.3, 0.4) is 0 Å². The van der Waals surface area contributed by atoms with E-state index in [-0.39, 0.29) is 18.3 Å². The second-order valence-corrected chi connectivity index (χ2v) is 7.38. The first-order valence-corrected chi connectivity index (χ1v) is 10.2. The molecule has 29 heavy (non-hydrogen) atoms. The Balaban J connectivity index is 1.71. The maximum Gasteiger partial charge on any atom is 0.265 e. The van der Waals surface area contributed by atoms with Crippen molar-refractivity contribution in [3.63, 3.8) is 0 Å². The highest BCUT2D eigenvalue weighted by Gasteiger charge is 2.18. The van der Waals surface area contributed by atoms with Gasteiger partial charge < -0.3 is 14.4 Å². The third kappa shape index (κ3) is 5.45.